The summed E-state index contributed by atoms with van der Waals surface area (Å²) in [5, 5.41) is 7.24. The van der Waals surface area contributed by atoms with E-state index in [4.69, 9.17) is 11.6 Å². The Labute approximate surface area is 152 Å². The van der Waals surface area contributed by atoms with Crippen molar-refractivity contribution in [2.75, 3.05) is 29.6 Å². The lowest BCUT2D eigenvalue weighted by atomic mass is 10.2. The topological polar surface area (TPSA) is 53.1 Å². The van der Waals surface area contributed by atoms with E-state index in [1.807, 2.05) is 68.7 Å². The van der Waals surface area contributed by atoms with Gasteiger partial charge in [0.2, 0.25) is 5.95 Å². The monoisotopic (exact) mass is 353 g/mol. The first-order valence-electron chi connectivity index (χ1n) is 7.96. The minimum Gasteiger partial charge on any atom is -0.378 e. The highest BCUT2D eigenvalue weighted by Crippen LogP contribution is 2.19. The van der Waals surface area contributed by atoms with Crippen LogP contribution >= 0.6 is 11.6 Å². The van der Waals surface area contributed by atoms with Crippen LogP contribution in [-0.4, -0.2) is 24.1 Å². The molecular formula is C19H20ClN5. The summed E-state index contributed by atoms with van der Waals surface area (Å²) in [6.07, 6.45) is 1.73. The first-order valence-corrected chi connectivity index (χ1v) is 8.34. The van der Waals surface area contributed by atoms with Gasteiger partial charge < -0.3 is 15.5 Å². The molecule has 0 amide bonds. The van der Waals surface area contributed by atoms with Crippen LogP contribution in [0.15, 0.2) is 60.8 Å². The van der Waals surface area contributed by atoms with E-state index >= 15 is 0 Å². The molecule has 6 heteroatoms. The first-order chi connectivity index (χ1) is 12.1. The third kappa shape index (κ3) is 4.84. The maximum absolute atomic E-state index is 5.90. The predicted molar refractivity (Wildman–Crippen MR) is 105 cm³/mol. The van der Waals surface area contributed by atoms with Gasteiger partial charge in [-0.15, -0.1) is 0 Å². The van der Waals surface area contributed by atoms with Crippen molar-refractivity contribution in [1.29, 1.82) is 0 Å². The maximum atomic E-state index is 5.90. The van der Waals surface area contributed by atoms with Crippen molar-refractivity contribution in [1.82, 2.24) is 9.97 Å². The minimum atomic E-state index is 0.554. The van der Waals surface area contributed by atoms with E-state index in [-0.39, 0.29) is 0 Å². The first kappa shape index (κ1) is 17.0. The molecule has 5 nitrogen and oxygen atoms in total. The summed E-state index contributed by atoms with van der Waals surface area (Å²) < 4.78 is 0. The quantitative estimate of drug-likeness (QED) is 0.680. The second-order valence-electron chi connectivity index (χ2n) is 5.81. The second kappa shape index (κ2) is 7.85. The molecule has 2 aromatic carbocycles. The third-order valence-electron chi connectivity index (χ3n) is 3.68. The number of nitrogens with zero attached hydrogens (tertiary/aromatic N) is 3. The average Bonchev–Trinajstić information content (AvgIpc) is 2.62. The Hall–Kier alpha value is -2.79. The van der Waals surface area contributed by atoms with E-state index in [9.17, 15) is 0 Å². The number of nitrogens with one attached hydrogen (secondary N) is 2. The van der Waals surface area contributed by atoms with Crippen LogP contribution in [0, 0.1) is 0 Å². The number of hydrogen-bond donors (Lipinski definition) is 2. The molecule has 0 unspecified atom stereocenters. The smallest absolute Gasteiger partial charge is 0.229 e. The highest BCUT2D eigenvalue weighted by atomic mass is 35.5. The molecule has 0 radical (unpaired) electrons. The largest absolute Gasteiger partial charge is 0.378 e. The molecule has 0 spiro atoms. The Morgan fingerprint density at radius 3 is 2.36 bits per heavy atom. The van der Waals surface area contributed by atoms with Gasteiger partial charge in [-0.1, -0.05) is 23.7 Å². The summed E-state index contributed by atoms with van der Waals surface area (Å²) in [5.74, 6) is 1.32. The van der Waals surface area contributed by atoms with Gasteiger partial charge in [-0.05, 0) is 48.0 Å². The molecule has 0 aliphatic carbocycles. The molecule has 1 heterocycles. The number of benzene rings is 2. The third-order valence-corrected chi connectivity index (χ3v) is 3.93. The van der Waals surface area contributed by atoms with Gasteiger partial charge in [-0.3, -0.25) is 0 Å². The van der Waals surface area contributed by atoms with Gasteiger partial charge in [0.05, 0.1) is 0 Å². The number of hydrogen-bond acceptors (Lipinski definition) is 5. The van der Waals surface area contributed by atoms with Crippen molar-refractivity contribution >= 4 is 34.7 Å². The van der Waals surface area contributed by atoms with Gasteiger partial charge in [0.1, 0.15) is 5.82 Å². The molecule has 0 saturated carbocycles. The Bertz CT molecular complexity index is 816. The highest BCUT2D eigenvalue weighted by molar-refractivity contribution is 6.30. The lowest BCUT2D eigenvalue weighted by Crippen LogP contribution is -2.08. The summed E-state index contributed by atoms with van der Waals surface area (Å²) in [6.45, 7) is 0.672. The predicted octanol–water partition coefficient (Wildman–Crippen LogP) is 4.55. The van der Waals surface area contributed by atoms with Crippen LogP contribution in [0.5, 0.6) is 0 Å². The van der Waals surface area contributed by atoms with Gasteiger partial charge >= 0.3 is 0 Å². The van der Waals surface area contributed by atoms with Crippen molar-refractivity contribution in [3.05, 3.63) is 71.4 Å². The molecule has 0 saturated heterocycles. The van der Waals surface area contributed by atoms with E-state index in [2.05, 4.69) is 25.5 Å². The van der Waals surface area contributed by atoms with Crippen LogP contribution in [0.4, 0.5) is 23.1 Å². The van der Waals surface area contributed by atoms with Crippen molar-refractivity contribution in [2.45, 2.75) is 6.54 Å². The summed E-state index contributed by atoms with van der Waals surface area (Å²) in [5.41, 5.74) is 3.22. The van der Waals surface area contributed by atoms with Gasteiger partial charge in [0, 0.05) is 43.2 Å². The summed E-state index contributed by atoms with van der Waals surface area (Å²) in [7, 11) is 4.03. The van der Waals surface area contributed by atoms with Crippen LogP contribution in [0.3, 0.4) is 0 Å². The SMILES string of the molecule is CN(C)c1ccc(Nc2nccc(NCc3ccc(Cl)cc3)n2)cc1. The van der Waals surface area contributed by atoms with Crippen LogP contribution in [-0.2, 0) is 6.54 Å². The number of halogens is 1. The van der Waals surface area contributed by atoms with Crippen LogP contribution < -0.4 is 15.5 Å². The molecule has 2 N–H and O–H groups in total. The van der Waals surface area contributed by atoms with Gasteiger partial charge in [-0.2, -0.15) is 4.98 Å². The maximum Gasteiger partial charge on any atom is 0.229 e. The fourth-order valence-electron chi connectivity index (χ4n) is 2.28. The Kier molecular flexibility index (Phi) is 5.36. The standard InChI is InChI=1S/C19H20ClN5/c1-25(2)17-9-7-16(8-10-17)23-19-21-12-11-18(24-19)22-13-14-3-5-15(20)6-4-14/h3-12H,13H2,1-2H3,(H2,21,22,23,24). The van der Waals surface area contributed by atoms with Crippen LogP contribution in [0.2, 0.25) is 5.02 Å². The molecule has 3 rings (SSSR count). The molecule has 25 heavy (non-hydrogen) atoms. The van der Waals surface area contributed by atoms with E-state index in [0.29, 0.717) is 12.5 Å². The number of anilines is 4. The van der Waals surface area contributed by atoms with Crippen molar-refractivity contribution in [3.63, 3.8) is 0 Å². The van der Waals surface area contributed by atoms with Crippen LogP contribution in [0.25, 0.3) is 0 Å². The summed E-state index contributed by atoms with van der Waals surface area (Å²) in [6, 6.07) is 17.7. The normalized spacial score (nSPS) is 10.4. The van der Waals surface area contributed by atoms with Crippen molar-refractivity contribution in [2.24, 2.45) is 0 Å². The van der Waals surface area contributed by atoms with Gasteiger partial charge in [0.25, 0.3) is 0 Å². The Balaban J connectivity index is 1.63. The lowest BCUT2D eigenvalue weighted by Gasteiger charge is -2.13. The van der Waals surface area contributed by atoms with E-state index < -0.39 is 0 Å². The number of rotatable bonds is 6. The zero-order valence-corrected chi connectivity index (χ0v) is 15.0. The molecular weight excluding hydrogens is 334 g/mol. The molecule has 0 aliphatic rings. The van der Waals surface area contributed by atoms with E-state index in [1.165, 1.54) is 0 Å². The molecule has 128 valence electrons. The average molecular weight is 354 g/mol. The van der Waals surface area contributed by atoms with E-state index in [0.717, 1.165) is 27.8 Å². The van der Waals surface area contributed by atoms with Gasteiger partial charge in [0.15, 0.2) is 0 Å². The van der Waals surface area contributed by atoms with Crippen LogP contribution in [0.1, 0.15) is 5.56 Å². The van der Waals surface area contributed by atoms with E-state index in [1.54, 1.807) is 6.20 Å². The zero-order chi connectivity index (χ0) is 17.6. The summed E-state index contributed by atoms with van der Waals surface area (Å²) in [4.78, 5) is 10.8. The second-order valence-corrected chi connectivity index (χ2v) is 6.25. The Morgan fingerprint density at radius 2 is 1.68 bits per heavy atom. The molecule has 0 aliphatic heterocycles. The fraction of sp³-hybridized carbons (Fsp3) is 0.158. The zero-order valence-electron chi connectivity index (χ0n) is 14.2. The Morgan fingerprint density at radius 1 is 0.960 bits per heavy atom. The summed E-state index contributed by atoms with van der Waals surface area (Å²) >= 11 is 5.90. The van der Waals surface area contributed by atoms with Crippen molar-refractivity contribution < 1.29 is 0 Å². The molecule has 0 bridgehead atoms. The highest BCUT2D eigenvalue weighted by Gasteiger charge is 2.02. The molecule has 1 aromatic heterocycles. The fourth-order valence-corrected chi connectivity index (χ4v) is 2.41. The molecule has 0 atom stereocenters. The van der Waals surface area contributed by atoms with Crippen molar-refractivity contribution in [3.8, 4) is 0 Å². The minimum absolute atomic E-state index is 0.554. The number of aromatic nitrogens is 2. The molecule has 0 fully saturated rings. The molecule has 3 aromatic rings. The lowest BCUT2D eigenvalue weighted by molar-refractivity contribution is 1.08. The van der Waals surface area contributed by atoms with Gasteiger partial charge in [-0.25, -0.2) is 4.98 Å².